The van der Waals surface area contributed by atoms with Crippen molar-refractivity contribution < 1.29 is 35.9 Å². The largest absolute Gasteiger partial charge is 0.420 e. The molecule has 0 saturated carbocycles. The molecule has 0 unspecified atom stereocenters. The number of halogens is 6. The lowest BCUT2D eigenvalue weighted by molar-refractivity contribution is -0.304. The van der Waals surface area contributed by atoms with Crippen molar-refractivity contribution in [1.29, 1.82) is 0 Å². The van der Waals surface area contributed by atoms with Gasteiger partial charge in [-0.15, -0.1) is 0 Å². The third kappa shape index (κ3) is 4.02. The summed E-state index contributed by atoms with van der Waals surface area (Å²) in [7, 11) is 0. The van der Waals surface area contributed by atoms with Gasteiger partial charge in [0.1, 0.15) is 5.69 Å². The molecule has 0 atom stereocenters. The van der Waals surface area contributed by atoms with Crippen molar-refractivity contribution >= 4 is 22.5 Å². The third-order valence-corrected chi connectivity index (χ3v) is 4.97. The number of ketones is 1. The minimum absolute atomic E-state index is 0.0339. The summed E-state index contributed by atoms with van der Waals surface area (Å²) in [4.78, 5) is 32.7. The second-order valence-corrected chi connectivity index (χ2v) is 6.85. The quantitative estimate of drug-likeness (QED) is 0.441. The number of aromatic nitrogens is 2. The van der Waals surface area contributed by atoms with E-state index < -0.39 is 47.4 Å². The molecule has 168 valence electrons. The number of carbonyl (C=O) groups is 2. The van der Waals surface area contributed by atoms with E-state index in [1.807, 2.05) is 0 Å². The Labute approximate surface area is 177 Å². The monoisotopic (exact) mass is 455 g/mol. The molecule has 1 amide bonds. The lowest BCUT2D eigenvalue weighted by atomic mass is 9.93. The molecule has 0 saturated heterocycles. The number of amides is 1. The van der Waals surface area contributed by atoms with Gasteiger partial charge in [-0.3, -0.25) is 9.59 Å². The van der Waals surface area contributed by atoms with Crippen molar-refractivity contribution in [2.24, 2.45) is 0 Å². The molecule has 0 aliphatic heterocycles. The van der Waals surface area contributed by atoms with Crippen LogP contribution in [0.2, 0.25) is 0 Å². The molecule has 5 nitrogen and oxygen atoms in total. The molecular weight excluding hydrogens is 440 g/mol. The van der Waals surface area contributed by atoms with E-state index >= 15 is 0 Å². The normalized spacial score (nSPS) is 12.6. The first-order valence-corrected chi connectivity index (χ1v) is 9.22. The maximum atomic E-state index is 13.4. The number of hydrogen-bond donors (Lipinski definition) is 1. The van der Waals surface area contributed by atoms with E-state index in [4.69, 9.17) is 0 Å². The van der Waals surface area contributed by atoms with Crippen LogP contribution in [-0.2, 0) is 0 Å². The van der Waals surface area contributed by atoms with Crippen LogP contribution in [0.4, 0.5) is 26.3 Å². The molecular formula is C21H15F6N3O2. The lowest BCUT2D eigenvalue weighted by Crippen LogP contribution is -2.67. The molecule has 0 aliphatic rings. The zero-order chi connectivity index (χ0) is 23.7. The first-order valence-electron chi connectivity index (χ1n) is 9.22. The predicted octanol–water partition coefficient (Wildman–Crippen LogP) is 4.86. The number of fused-ring (bicyclic) bond motifs is 1. The second kappa shape index (κ2) is 8.21. The fourth-order valence-corrected chi connectivity index (χ4v) is 3.18. The van der Waals surface area contributed by atoms with Gasteiger partial charge >= 0.3 is 12.4 Å². The highest BCUT2D eigenvalue weighted by Crippen LogP contribution is 2.45. The first kappa shape index (κ1) is 23.2. The minimum Gasteiger partial charge on any atom is -0.329 e. The summed E-state index contributed by atoms with van der Waals surface area (Å²) in [5.74, 6) is -2.70. The van der Waals surface area contributed by atoms with Crippen LogP contribution in [0.5, 0.6) is 0 Å². The van der Waals surface area contributed by atoms with Gasteiger partial charge in [-0.1, -0.05) is 43.3 Å². The molecule has 0 spiro atoms. The van der Waals surface area contributed by atoms with Crippen LogP contribution in [0.25, 0.3) is 10.8 Å². The van der Waals surface area contributed by atoms with Crippen LogP contribution in [0, 0.1) is 0 Å². The first-order chi connectivity index (χ1) is 14.9. The van der Waals surface area contributed by atoms with Crippen LogP contribution in [0.1, 0.15) is 39.9 Å². The van der Waals surface area contributed by atoms with Gasteiger partial charge in [-0.05, 0) is 23.3 Å². The molecule has 3 aromatic rings. The lowest BCUT2D eigenvalue weighted by Gasteiger charge is -2.37. The zero-order valence-corrected chi connectivity index (χ0v) is 16.4. The summed E-state index contributed by atoms with van der Waals surface area (Å²) in [6.07, 6.45) is -11.3. The molecule has 32 heavy (non-hydrogen) atoms. The average Bonchev–Trinajstić information content (AvgIpc) is 2.74. The SMILES string of the molecule is CCC(NC(=O)c1nccnc1C(=O)c1ccc2ccccc2c1)(C(F)(F)F)C(F)(F)F. The predicted molar refractivity (Wildman–Crippen MR) is 102 cm³/mol. The number of carbonyl (C=O) groups excluding carboxylic acids is 2. The number of nitrogens with one attached hydrogen (secondary N) is 1. The van der Waals surface area contributed by atoms with E-state index in [2.05, 4.69) is 9.97 Å². The van der Waals surface area contributed by atoms with Crippen molar-refractivity contribution in [1.82, 2.24) is 15.3 Å². The molecule has 1 heterocycles. The van der Waals surface area contributed by atoms with Crippen LogP contribution < -0.4 is 5.32 Å². The Hall–Kier alpha value is -3.50. The fraction of sp³-hybridized carbons (Fsp3) is 0.238. The molecule has 2 aromatic carbocycles. The Morgan fingerprint density at radius 2 is 1.41 bits per heavy atom. The van der Waals surface area contributed by atoms with E-state index in [1.165, 1.54) is 12.1 Å². The van der Waals surface area contributed by atoms with Crippen LogP contribution in [0.3, 0.4) is 0 Å². The molecule has 3 rings (SSSR count). The van der Waals surface area contributed by atoms with Gasteiger partial charge in [-0.2, -0.15) is 26.3 Å². The van der Waals surface area contributed by atoms with Crippen molar-refractivity contribution in [2.75, 3.05) is 0 Å². The topological polar surface area (TPSA) is 72.0 Å². The fourth-order valence-electron chi connectivity index (χ4n) is 3.18. The Bertz CT molecular complexity index is 1160. The number of hydrogen-bond acceptors (Lipinski definition) is 4. The summed E-state index contributed by atoms with van der Waals surface area (Å²) in [6.45, 7) is 0.638. The van der Waals surface area contributed by atoms with Gasteiger partial charge in [-0.25, -0.2) is 9.97 Å². The smallest absolute Gasteiger partial charge is 0.329 e. The van der Waals surface area contributed by atoms with Gasteiger partial charge in [0.05, 0.1) is 0 Å². The number of rotatable bonds is 5. The van der Waals surface area contributed by atoms with Crippen LogP contribution >= 0.6 is 0 Å². The summed E-state index contributed by atoms with van der Waals surface area (Å²) < 4.78 is 80.3. The highest BCUT2D eigenvalue weighted by Gasteiger charge is 2.70. The molecule has 0 aliphatic carbocycles. The summed E-state index contributed by atoms with van der Waals surface area (Å²) >= 11 is 0. The standard InChI is InChI=1S/C21H15F6N3O2/c1-2-19(20(22,23)24,21(25,26)27)30-18(32)16-15(28-9-10-29-16)17(31)14-8-7-12-5-3-4-6-13(12)11-14/h3-11H,2H2,1H3,(H,30,32). The highest BCUT2D eigenvalue weighted by molar-refractivity contribution is 6.14. The van der Waals surface area contributed by atoms with Gasteiger partial charge in [0.2, 0.25) is 11.3 Å². The Kier molecular flexibility index (Phi) is 5.94. The summed E-state index contributed by atoms with van der Waals surface area (Å²) in [6, 6.07) is 11.5. The Morgan fingerprint density at radius 3 is 1.97 bits per heavy atom. The average molecular weight is 455 g/mol. The van der Waals surface area contributed by atoms with Gasteiger partial charge < -0.3 is 5.32 Å². The van der Waals surface area contributed by atoms with Crippen molar-refractivity contribution in [3.05, 3.63) is 71.8 Å². The maximum Gasteiger partial charge on any atom is 0.420 e. The van der Waals surface area contributed by atoms with Crippen molar-refractivity contribution in [2.45, 2.75) is 31.2 Å². The highest BCUT2D eigenvalue weighted by atomic mass is 19.4. The molecule has 0 bridgehead atoms. The Morgan fingerprint density at radius 1 is 0.844 bits per heavy atom. The van der Waals surface area contributed by atoms with Crippen molar-refractivity contribution in [3.8, 4) is 0 Å². The van der Waals surface area contributed by atoms with E-state index in [9.17, 15) is 35.9 Å². The van der Waals surface area contributed by atoms with Crippen LogP contribution in [0.15, 0.2) is 54.9 Å². The van der Waals surface area contributed by atoms with E-state index in [-0.39, 0.29) is 5.56 Å². The zero-order valence-electron chi connectivity index (χ0n) is 16.4. The molecule has 1 aromatic heterocycles. The van der Waals surface area contributed by atoms with Gasteiger partial charge in [0.25, 0.3) is 5.91 Å². The minimum atomic E-state index is -5.85. The van der Waals surface area contributed by atoms with E-state index in [0.29, 0.717) is 12.3 Å². The molecule has 1 N–H and O–H groups in total. The third-order valence-electron chi connectivity index (χ3n) is 4.97. The van der Waals surface area contributed by atoms with E-state index in [0.717, 1.165) is 23.1 Å². The Balaban J connectivity index is 2.03. The van der Waals surface area contributed by atoms with E-state index in [1.54, 1.807) is 30.3 Å². The van der Waals surface area contributed by atoms with Crippen LogP contribution in [-0.4, -0.2) is 39.5 Å². The molecule has 0 fully saturated rings. The molecule has 11 heteroatoms. The number of benzene rings is 2. The maximum absolute atomic E-state index is 13.4. The number of nitrogens with zero attached hydrogens (tertiary/aromatic N) is 2. The van der Waals surface area contributed by atoms with Gasteiger partial charge in [0, 0.05) is 18.0 Å². The van der Waals surface area contributed by atoms with Gasteiger partial charge in [0.15, 0.2) is 5.69 Å². The number of alkyl halides is 6. The van der Waals surface area contributed by atoms with Crippen molar-refractivity contribution in [3.63, 3.8) is 0 Å². The summed E-state index contributed by atoms with van der Waals surface area (Å²) in [5, 5.41) is 2.46. The molecule has 0 radical (unpaired) electrons. The summed E-state index contributed by atoms with van der Waals surface area (Å²) in [5.41, 5.74) is -6.10. The second-order valence-electron chi connectivity index (χ2n) is 6.85.